The molecule has 26 heavy (non-hydrogen) atoms. The number of fused-ring (bicyclic) bond motifs is 1. The van der Waals surface area contributed by atoms with E-state index in [2.05, 4.69) is 5.32 Å². The second-order valence-corrected chi connectivity index (χ2v) is 5.86. The second kappa shape index (κ2) is 6.74. The molecule has 0 fully saturated rings. The predicted molar refractivity (Wildman–Crippen MR) is 91.3 cm³/mol. The Labute approximate surface area is 147 Å². The van der Waals surface area contributed by atoms with Gasteiger partial charge in [0.25, 0.3) is 0 Å². The van der Waals surface area contributed by atoms with Gasteiger partial charge < -0.3 is 14.8 Å². The normalized spacial score (nSPS) is 11.7. The van der Waals surface area contributed by atoms with Crippen LogP contribution in [0.2, 0.25) is 0 Å². The average Bonchev–Trinajstić information content (AvgIpc) is 3.02. The summed E-state index contributed by atoms with van der Waals surface area (Å²) >= 11 is 0. The molecule has 7 heteroatoms. The summed E-state index contributed by atoms with van der Waals surface area (Å²) in [5, 5.41) is 12.5. The minimum Gasteiger partial charge on any atom is -0.475 e. The zero-order valence-electron chi connectivity index (χ0n) is 13.9. The SMILES string of the molecule is CCc1ccc(NCc2ccc3oc(C(=O)O)cc3c2)cc1C(F)(F)F. The van der Waals surface area contributed by atoms with Gasteiger partial charge >= 0.3 is 12.1 Å². The number of aryl methyl sites for hydroxylation is 1. The number of carboxylic acids is 1. The van der Waals surface area contributed by atoms with Crippen LogP contribution in [0.15, 0.2) is 46.9 Å². The molecule has 136 valence electrons. The minimum atomic E-state index is -4.40. The molecule has 0 aliphatic heterocycles. The number of nitrogens with one attached hydrogen (secondary N) is 1. The van der Waals surface area contributed by atoms with Crippen molar-refractivity contribution in [1.29, 1.82) is 0 Å². The zero-order chi connectivity index (χ0) is 18.9. The number of carboxylic acid groups (broad SMARTS) is 1. The first-order valence-corrected chi connectivity index (χ1v) is 7.97. The number of hydrogen-bond acceptors (Lipinski definition) is 3. The van der Waals surface area contributed by atoms with Gasteiger partial charge in [-0.3, -0.25) is 0 Å². The lowest BCUT2D eigenvalue weighted by atomic mass is 10.0. The van der Waals surface area contributed by atoms with E-state index in [1.54, 1.807) is 31.2 Å². The molecule has 0 unspecified atom stereocenters. The van der Waals surface area contributed by atoms with E-state index in [9.17, 15) is 18.0 Å². The highest BCUT2D eigenvalue weighted by Gasteiger charge is 2.33. The molecule has 0 saturated heterocycles. The van der Waals surface area contributed by atoms with E-state index in [-0.39, 0.29) is 11.3 Å². The Hall–Kier alpha value is -2.96. The maximum Gasteiger partial charge on any atom is 0.416 e. The van der Waals surface area contributed by atoms with Crippen molar-refractivity contribution in [2.45, 2.75) is 26.1 Å². The minimum absolute atomic E-state index is 0.157. The van der Waals surface area contributed by atoms with Crippen molar-refractivity contribution in [2.75, 3.05) is 5.32 Å². The second-order valence-electron chi connectivity index (χ2n) is 5.86. The van der Waals surface area contributed by atoms with Crippen molar-refractivity contribution in [2.24, 2.45) is 0 Å². The van der Waals surface area contributed by atoms with Gasteiger partial charge in [-0.15, -0.1) is 0 Å². The van der Waals surface area contributed by atoms with Crippen molar-refractivity contribution >= 4 is 22.6 Å². The van der Waals surface area contributed by atoms with Crippen molar-refractivity contribution in [3.8, 4) is 0 Å². The van der Waals surface area contributed by atoms with Crippen LogP contribution < -0.4 is 5.32 Å². The van der Waals surface area contributed by atoms with Gasteiger partial charge in [-0.1, -0.05) is 19.1 Å². The summed E-state index contributed by atoms with van der Waals surface area (Å²) in [5.74, 6) is -1.31. The van der Waals surface area contributed by atoms with E-state index in [4.69, 9.17) is 9.52 Å². The molecule has 0 spiro atoms. The number of furan rings is 1. The molecule has 0 aliphatic rings. The molecule has 0 bridgehead atoms. The molecule has 1 aromatic heterocycles. The van der Waals surface area contributed by atoms with Gasteiger partial charge in [0, 0.05) is 17.6 Å². The fourth-order valence-electron chi connectivity index (χ4n) is 2.77. The maximum atomic E-state index is 13.1. The lowest BCUT2D eigenvalue weighted by molar-refractivity contribution is -0.138. The molecule has 1 heterocycles. The van der Waals surface area contributed by atoms with E-state index in [1.165, 1.54) is 12.1 Å². The van der Waals surface area contributed by atoms with E-state index >= 15 is 0 Å². The van der Waals surface area contributed by atoms with Crippen molar-refractivity contribution in [1.82, 2.24) is 0 Å². The first-order chi connectivity index (χ1) is 12.3. The van der Waals surface area contributed by atoms with Gasteiger partial charge in [-0.05, 0) is 47.9 Å². The molecular formula is C19H16F3NO3. The first-order valence-electron chi connectivity index (χ1n) is 7.97. The van der Waals surface area contributed by atoms with Crippen LogP contribution in [0, 0.1) is 0 Å². The number of carbonyl (C=O) groups is 1. The van der Waals surface area contributed by atoms with E-state index in [1.807, 2.05) is 0 Å². The third-order valence-electron chi connectivity index (χ3n) is 4.08. The summed E-state index contributed by atoms with van der Waals surface area (Å²) in [4.78, 5) is 10.9. The lowest BCUT2D eigenvalue weighted by Gasteiger charge is -2.14. The molecule has 0 radical (unpaired) electrons. The molecule has 3 aromatic rings. The number of rotatable bonds is 5. The monoisotopic (exact) mass is 363 g/mol. The van der Waals surface area contributed by atoms with Gasteiger partial charge in [0.2, 0.25) is 5.76 Å². The van der Waals surface area contributed by atoms with Crippen LogP contribution >= 0.6 is 0 Å². The third-order valence-corrected chi connectivity index (χ3v) is 4.08. The molecule has 0 aliphatic carbocycles. The first kappa shape index (κ1) is 17.8. The Bertz CT molecular complexity index is 960. The smallest absolute Gasteiger partial charge is 0.416 e. The number of benzene rings is 2. The Morgan fingerprint density at radius 1 is 1.15 bits per heavy atom. The van der Waals surface area contributed by atoms with Gasteiger partial charge in [0.1, 0.15) is 5.58 Å². The highest BCUT2D eigenvalue weighted by Crippen LogP contribution is 2.34. The molecule has 0 saturated carbocycles. The largest absolute Gasteiger partial charge is 0.475 e. The van der Waals surface area contributed by atoms with Crippen LogP contribution in [0.5, 0.6) is 0 Å². The molecule has 0 atom stereocenters. The fraction of sp³-hybridized carbons (Fsp3) is 0.211. The fourth-order valence-corrected chi connectivity index (χ4v) is 2.77. The number of aromatic carboxylic acids is 1. The van der Waals surface area contributed by atoms with Crippen LogP contribution in [0.3, 0.4) is 0 Å². The quantitative estimate of drug-likeness (QED) is 0.644. The Kier molecular flexibility index (Phi) is 4.63. The third kappa shape index (κ3) is 3.66. The standard InChI is InChI=1S/C19H16F3NO3/c1-2-12-4-5-14(9-15(12)19(20,21)22)23-10-11-3-6-16-13(7-11)8-17(26-16)18(24)25/h3-9,23H,2,10H2,1H3,(H,24,25). The van der Waals surface area contributed by atoms with Crippen LogP contribution in [-0.2, 0) is 19.1 Å². The van der Waals surface area contributed by atoms with E-state index < -0.39 is 17.7 Å². The topological polar surface area (TPSA) is 62.5 Å². The molecule has 2 aromatic carbocycles. The molecular weight excluding hydrogens is 347 g/mol. The van der Waals surface area contributed by atoms with E-state index in [0.29, 0.717) is 29.6 Å². The van der Waals surface area contributed by atoms with Crippen molar-refractivity contribution in [3.05, 3.63) is 64.9 Å². The number of halogens is 3. The molecule has 2 N–H and O–H groups in total. The van der Waals surface area contributed by atoms with Crippen molar-refractivity contribution in [3.63, 3.8) is 0 Å². The van der Waals surface area contributed by atoms with Crippen LogP contribution in [-0.4, -0.2) is 11.1 Å². The summed E-state index contributed by atoms with van der Waals surface area (Å²) in [6, 6.07) is 10.7. The van der Waals surface area contributed by atoms with Crippen LogP contribution in [0.1, 0.15) is 34.2 Å². The highest BCUT2D eigenvalue weighted by molar-refractivity contribution is 5.91. The molecule has 3 rings (SSSR count). The average molecular weight is 363 g/mol. The summed E-state index contributed by atoms with van der Waals surface area (Å²) < 4.78 is 44.6. The number of alkyl halides is 3. The van der Waals surface area contributed by atoms with Gasteiger partial charge in [-0.25, -0.2) is 4.79 Å². The summed E-state index contributed by atoms with van der Waals surface area (Å²) in [7, 11) is 0. The van der Waals surface area contributed by atoms with Gasteiger partial charge in [0.15, 0.2) is 0 Å². The summed E-state index contributed by atoms with van der Waals surface area (Å²) in [6.45, 7) is 1.98. The Morgan fingerprint density at radius 3 is 2.58 bits per heavy atom. The number of anilines is 1. The number of hydrogen-bond donors (Lipinski definition) is 2. The summed E-state index contributed by atoms with van der Waals surface area (Å²) in [6.07, 6.45) is -4.09. The lowest BCUT2D eigenvalue weighted by Crippen LogP contribution is -2.10. The maximum absolute atomic E-state index is 13.1. The Balaban J connectivity index is 1.80. The van der Waals surface area contributed by atoms with Crippen LogP contribution in [0.4, 0.5) is 18.9 Å². The Morgan fingerprint density at radius 2 is 1.92 bits per heavy atom. The highest BCUT2D eigenvalue weighted by atomic mass is 19.4. The van der Waals surface area contributed by atoms with Crippen LogP contribution in [0.25, 0.3) is 11.0 Å². The zero-order valence-corrected chi connectivity index (χ0v) is 13.9. The molecule has 0 amide bonds. The van der Waals surface area contributed by atoms with Crippen molar-refractivity contribution < 1.29 is 27.5 Å². The predicted octanol–water partition coefficient (Wildman–Crippen LogP) is 5.32. The molecule has 4 nitrogen and oxygen atoms in total. The van der Waals surface area contributed by atoms with Gasteiger partial charge in [-0.2, -0.15) is 13.2 Å². The van der Waals surface area contributed by atoms with Gasteiger partial charge in [0.05, 0.1) is 5.56 Å². The summed E-state index contributed by atoms with van der Waals surface area (Å²) in [5.41, 5.74) is 1.22. The van der Waals surface area contributed by atoms with E-state index in [0.717, 1.165) is 11.6 Å².